The molecule has 2 N–H and O–H groups in total. The minimum absolute atomic E-state index is 0.0125. The Morgan fingerprint density at radius 3 is 2.68 bits per heavy atom. The van der Waals surface area contributed by atoms with Gasteiger partial charge in [-0.2, -0.15) is 5.10 Å². The highest BCUT2D eigenvalue weighted by atomic mass is 16.2. The lowest BCUT2D eigenvalue weighted by Crippen LogP contribution is -2.27. The first-order valence-corrected chi connectivity index (χ1v) is 6.30. The molecule has 19 heavy (non-hydrogen) atoms. The van der Waals surface area contributed by atoms with Crippen molar-refractivity contribution < 1.29 is 9.59 Å². The van der Waals surface area contributed by atoms with Crippen molar-refractivity contribution in [3.63, 3.8) is 0 Å². The molecule has 2 aliphatic rings. The van der Waals surface area contributed by atoms with Crippen LogP contribution in [0.3, 0.4) is 0 Å². The second-order valence-corrected chi connectivity index (χ2v) is 5.43. The molecule has 2 aliphatic heterocycles. The van der Waals surface area contributed by atoms with E-state index in [1.807, 2.05) is 32.0 Å². The third kappa shape index (κ3) is 1.82. The molecule has 5 nitrogen and oxygen atoms in total. The van der Waals surface area contributed by atoms with Crippen molar-refractivity contribution in [2.45, 2.75) is 32.1 Å². The smallest absolute Gasteiger partial charge is 0.240 e. The summed E-state index contributed by atoms with van der Waals surface area (Å²) >= 11 is 0. The van der Waals surface area contributed by atoms with Gasteiger partial charge in [0.1, 0.15) is 0 Å². The highest BCUT2D eigenvalue weighted by Crippen LogP contribution is 2.37. The summed E-state index contributed by atoms with van der Waals surface area (Å²) in [7, 11) is 0. The Bertz CT molecular complexity index is 617. The molecule has 2 heterocycles. The van der Waals surface area contributed by atoms with Gasteiger partial charge in [-0.3, -0.25) is 9.59 Å². The summed E-state index contributed by atoms with van der Waals surface area (Å²) < 4.78 is 0. The number of anilines is 1. The topological polar surface area (TPSA) is 70.6 Å². The van der Waals surface area contributed by atoms with Crippen LogP contribution in [0.1, 0.15) is 37.8 Å². The van der Waals surface area contributed by atoms with E-state index in [2.05, 4.69) is 15.8 Å². The van der Waals surface area contributed by atoms with Gasteiger partial charge in [0.15, 0.2) is 0 Å². The Labute approximate surface area is 111 Å². The van der Waals surface area contributed by atoms with Crippen LogP contribution in [0.15, 0.2) is 23.3 Å². The van der Waals surface area contributed by atoms with E-state index in [-0.39, 0.29) is 11.8 Å². The van der Waals surface area contributed by atoms with Gasteiger partial charge in [-0.05, 0) is 37.1 Å². The number of nitrogens with zero attached hydrogens (tertiary/aromatic N) is 1. The highest BCUT2D eigenvalue weighted by molar-refractivity contribution is 6.08. The first-order valence-electron chi connectivity index (χ1n) is 6.30. The van der Waals surface area contributed by atoms with Crippen molar-refractivity contribution in [3.05, 3.63) is 29.3 Å². The van der Waals surface area contributed by atoms with Crippen molar-refractivity contribution in [2.75, 3.05) is 5.32 Å². The maximum Gasteiger partial charge on any atom is 0.240 e. The van der Waals surface area contributed by atoms with Crippen LogP contribution in [0.2, 0.25) is 0 Å². The van der Waals surface area contributed by atoms with Crippen molar-refractivity contribution in [2.24, 2.45) is 5.10 Å². The molecule has 0 aromatic heterocycles. The molecular formula is C14H15N3O2. The van der Waals surface area contributed by atoms with Crippen LogP contribution in [-0.2, 0) is 15.0 Å². The first-order chi connectivity index (χ1) is 8.98. The van der Waals surface area contributed by atoms with Gasteiger partial charge in [0.05, 0.1) is 11.1 Å². The zero-order chi connectivity index (χ0) is 13.6. The van der Waals surface area contributed by atoms with E-state index in [0.717, 1.165) is 22.5 Å². The Morgan fingerprint density at radius 2 is 2.00 bits per heavy atom. The number of amides is 2. The Balaban J connectivity index is 2.02. The van der Waals surface area contributed by atoms with Crippen LogP contribution in [0.25, 0.3) is 0 Å². The Morgan fingerprint density at radius 1 is 1.21 bits per heavy atom. The predicted octanol–water partition coefficient (Wildman–Crippen LogP) is 1.53. The number of carbonyl (C=O) groups is 2. The maximum absolute atomic E-state index is 11.9. The molecule has 0 saturated carbocycles. The highest BCUT2D eigenvalue weighted by Gasteiger charge is 2.38. The molecule has 0 fully saturated rings. The second kappa shape index (κ2) is 3.91. The number of nitrogens with one attached hydrogen (secondary N) is 2. The minimum atomic E-state index is -0.524. The first kappa shape index (κ1) is 11.9. The fourth-order valence-electron chi connectivity index (χ4n) is 2.43. The van der Waals surface area contributed by atoms with E-state index >= 15 is 0 Å². The molecule has 0 unspecified atom stereocenters. The molecule has 0 radical (unpaired) electrons. The van der Waals surface area contributed by atoms with Crippen LogP contribution in [0, 0.1) is 0 Å². The largest absolute Gasteiger partial charge is 0.325 e. The Kier molecular flexibility index (Phi) is 2.45. The zero-order valence-electron chi connectivity index (χ0n) is 10.9. The third-order valence-corrected chi connectivity index (χ3v) is 3.75. The van der Waals surface area contributed by atoms with E-state index in [1.165, 1.54) is 0 Å². The summed E-state index contributed by atoms with van der Waals surface area (Å²) in [6.45, 7) is 3.81. The third-order valence-electron chi connectivity index (χ3n) is 3.75. The second-order valence-electron chi connectivity index (χ2n) is 5.43. The van der Waals surface area contributed by atoms with Crippen molar-refractivity contribution in [1.29, 1.82) is 0 Å². The van der Waals surface area contributed by atoms with Crippen LogP contribution < -0.4 is 10.7 Å². The van der Waals surface area contributed by atoms with E-state index in [1.54, 1.807) is 0 Å². The molecule has 1 aromatic carbocycles. The van der Waals surface area contributed by atoms with Crippen LogP contribution >= 0.6 is 0 Å². The minimum Gasteiger partial charge on any atom is -0.325 e. The number of benzene rings is 1. The predicted molar refractivity (Wildman–Crippen MR) is 72.0 cm³/mol. The number of hydrogen-bond donors (Lipinski definition) is 2. The fraction of sp³-hybridized carbons (Fsp3) is 0.357. The molecule has 2 amide bonds. The van der Waals surface area contributed by atoms with Gasteiger partial charge in [0.2, 0.25) is 11.8 Å². The summed E-state index contributed by atoms with van der Waals surface area (Å²) in [5.74, 6) is -0.0411. The van der Waals surface area contributed by atoms with E-state index < -0.39 is 5.41 Å². The number of hydrogen-bond acceptors (Lipinski definition) is 3. The van der Waals surface area contributed by atoms with Gasteiger partial charge < -0.3 is 5.32 Å². The van der Waals surface area contributed by atoms with Gasteiger partial charge in [-0.1, -0.05) is 6.07 Å². The van der Waals surface area contributed by atoms with Gasteiger partial charge >= 0.3 is 0 Å². The van der Waals surface area contributed by atoms with Gasteiger partial charge in [0.25, 0.3) is 0 Å². The lowest BCUT2D eigenvalue weighted by molar-refractivity contribution is -0.121. The summed E-state index contributed by atoms with van der Waals surface area (Å²) in [5.41, 5.74) is 5.63. The maximum atomic E-state index is 11.9. The summed E-state index contributed by atoms with van der Waals surface area (Å²) in [4.78, 5) is 23.0. The van der Waals surface area contributed by atoms with Crippen LogP contribution in [0.4, 0.5) is 5.69 Å². The molecule has 0 saturated heterocycles. The average Bonchev–Trinajstić information content (AvgIpc) is 2.61. The standard InChI is InChI=1S/C14H15N3O2/c1-14(2)9-7-8(3-4-11(9)15-13(14)19)10-5-6-12(18)17-16-10/h3-4,7H,5-6H2,1-2H3,(H,15,19)(H,17,18). The monoisotopic (exact) mass is 257 g/mol. The lowest BCUT2D eigenvalue weighted by atomic mass is 9.84. The molecule has 0 aliphatic carbocycles. The summed E-state index contributed by atoms with van der Waals surface area (Å²) in [6.07, 6.45) is 1.09. The average molecular weight is 257 g/mol. The lowest BCUT2D eigenvalue weighted by Gasteiger charge is -2.17. The molecule has 0 spiro atoms. The number of carbonyl (C=O) groups excluding carboxylic acids is 2. The molecule has 0 bridgehead atoms. The quantitative estimate of drug-likeness (QED) is 0.801. The molecular weight excluding hydrogens is 242 g/mol. The molecule has 3 rings (SSSR count). The SMILES string of the molecule is CC1(C)C(=O)Nc2ccc(C3=NNC(=O)CC3)cc21. The van der Waals surface area contributed by atoms with Crippen molar-refractivity contribution in [3.8, 4) is 0 Å². The zero-order valence-corrected chi connectivity index (χ0v) is 10.9. The van der Waals surface area contributed by atoms with Crippen molar-refractivity contribution in [1.82, 2.24) is 5.43 Å². The molecule has 98 valence electrons. The van der Waals surface area contributed by atoms with E-state index in [0.29, 0.717) is 12.8 Å². The Hall–Kier alpha value is -2.17. The van der Waals surface area contributed by atoms with Crippen LogP contribution in [0.5, 0.6) is 0 Å². The fourth-order valence-corrected chi connectivity index (χ4v) is 2.43. The molecule has 0 atom stereocenters. The van der Waals surface area contributed by atoms with E-state index in [9.17, 15) is 9.59 Å². The normalized spacial score (nSPS) is 20.4. The van der Waals surface area contributed by atoms with E-state index in [4.69, 9.17) is 0 Å². The number of hydrazone groups is 1. The molecule has 1 aromatic rings. The van der Waals surface area contributed by atoms with Crippen molar-refractivity contribution >= 4 is 23.2 Å². The summed E-state index contributed by atoms with van der Waals surface area (Å²) in [5, 5.41) is 6.96. The summed E-state index contributed by atoms with van der Waals surface area (Å²) in [6, 6.07) is 5.82. The molecule has 5 heteroatoms. The van der Waals surface area contributed by atoms with Gasteiger partial charge in [-0.15, -0.1) is 0 Å². The van der Waals surface area contributed by atoms with Gasteiger partial charge in [0, 0.05) is 18.5 Å². The van der Waals surface area contributed by atoms with Crippen LogP contribution in [-0.4, -0.2) is 17.5 Å². The van der Waals surface area contributed by atoms with Gasteiger partial charge in [-0.25, -0.2) is 5.43 Å². The number of rotatable bonds is 1. The number of fused-ring (bicyclic) bond motifs is 1.